The van der Waals surface area contributed by atoms with Gasteiger partial charge in [0, 0.05) is 13.0 Å². The molecule has 0 aromatic heterocycles. The Kier molecular flexibility index (Phi) is 2.24. The predicted molar refractivity (Wildman–Crippen MR) is 43.9 cm³/mol. The molecule has 1 saturated carbocycles. The monoisotopic (exact) mass is 159 g/mol. The standard InChI is InChI=1S/C7H13NOS/c1-5(10)8(2)7(9)6-3-4-6/h5-6,10H,3-4H2,1-2H3. The fraction of sp³-hybridized carbons (Fsp3) is 0.857. The molecule has 0 saturated heterocycles. The van der Waals surface area contributed by atoms with E-state index in [9.17, 15) is 4.79 Å². The lowest BCUT2D eigenvalue weighted by Crippen LogP contribution is -2.32. The second-order valence-corrected chi connectivity index (χ2v) is 3.60. The molecule has 0 bridgehead atoms. The molecule has 3 heteroatoms. The summed E-state index contributed by atoms with van der Waals surface area (Å²) in [4.78, 5) is 12.9. The van der Waals surface area contributed by atoms with Gasteiger partial charge in [0.05, 0.1) is 5.37 Å². The van der Waals surface area contributed by atoms with Crippen LogP contribution in [0.25, 0.3) is 0 Å². The van der Waals surface area contributed by atoms with E-state index in [-0.39, 0.29) is 11.3 Å². The highest BCUT2D eigenvalue weighted by Crippen LogP contribution is 2.31. The zero-order chi connectivity index (χ0) is 7.72. The van der Waals surface area contributed by atoms with E-state index in [2.05, 4.69) is 12.6 Å². The zero-order valence-corrected chi connectivity index (χ0v) is 7.27. The Labute approximate surface area is 67.0 Å². The molecule has 1 aliphatic rings. The summed E-state index contributed by atoms with van der Waals surface area (Å²) >= 11 is 4.16. The molecule has 1 unspecified atom stereocenters. The Morgan fingerprint density at radius 2 is 2.20 bits per heavy atom. The number of nitrogens with zero attached hydrogens (tertiary/aromatic N) is 1. The van der Waals surface area contributed by atoms with E-state index in [0.29, 0.717) is 5.92 Å². The number of rotatable bonds is 2. The summed E-state index contributed by atoms with van der Waals surface area (Å²) in [5, 5.41) is 0.0492. The van der Waals surface area contributed by atoms with Gasteiger partial charge < -0.3 is 4.90 Å². The van der Waals surface area contributed by atoms with E-state index in [0.717, 1.165) is 12.8 Å². The van der Waals surface area contributed by atoms with Crippen LogP contribution in [0.3, 0.4) is 0 Å². The second kappa shape index (κ2) is 2.82. The van der Waals surface area contributed by atoms with Crippen LogP contribution in [0.5, 0.6) is 0 Å². The van der Waals surface area contributed by atoms with Gasteiger partial charge in [-0.2, -0.15) is 12.6 Å². The first-order valence-corrected chi connectivity index (χ1v) is 4.09. The summed E-state index contributed by atoms with van der Waals surface area (Å²) in [7, 11) is 1.80. The highest BCUT2D eigenvalue weighted by atomic mass is 32.1. The van der Waals surface area contributed by atoms with Crippen molar-refractivity contribution in [2.45, 2.75) is 25.1 Å². The largest absolute Gasteiger partial charge is 0.334 e. The van der Waals surface area contributed by atoms with Crippen LogP contribution in [-0.2, 0) is 4.79 Å². The molecule has 0 heterocycles. The van der Waals surface area contributed by atoms with Crippen molar-refractivity contribution in [1.29, 1.82) is 0 Å². The van der Waals surface area contributed by atoms with Crippen LogP contribution in [0.4, 0.5) is 0 Å². The normalized spacial score (nSPS) is 20.3. The molecule has 10 heavy (non-hydrogen) atoms. The number of hydrogen-bond acceptors (Lipinski definition) is 2. The molecule has 0 aliphatic heterocycles. The molecular formula is C7H13NOS. The van der Waals surface area contributed by atoms with Gasteiger partial charge in [0.25, 0.3) is 0 Å². The van der Waals surface area contributed by atoms with Crippen molar-refractivity contribution in [3.63, 3.8) is 0 Å². The maximum atomic E-state index is 11.2. The Morgan fingerprint density at radius 1 is 1.70 bits per heavy atom. The summed E-state index contributed by atoms with van der Waals surface area (Å²) in [6, 6.07) is 0. The highest BCUT2D eigenvalue weighted by molar-refractivity contribution is 7.80. The number of carbonyl (C=O) groups excluding carboxylic acids is 1. The number of carbonyl (C=O) groups is 1. The minimum absolute atomic E-state index is 0.0492. The molecule has 58 valence electrons. The highest BCUT2D eigenvalue weighted by Gasteiger charge is 2.32. The summed E-state index contributed by atoms with van der Waals surface area (Å²) in [5.74, 6) is 0.571. The van der Waals surface area contributed by atoms with Crippen LogP contribution in [0.15, 0.2) is 0 Å². The summed E-state index contributed by atoms with van der Waals surface area (Å²) in [6.45, 7) is 1.91. The van der Waals surface area contributed by atoms with Crippen molar-refractivity contribution in [3.05, 3.63) is 0 Å². The number of thiol groups is 1. The summed E-state index contributed by atoms with van der Waals surface area (Å²) in [5.41, 5.74) is 0. The Balaban J connectivity index is 2.38. The van der Waals surface area contributed by atoms with Crippen LogP contribution >= 0.6 is 12.6 Å². The number of hydrogen-bond donors (Lipinski definition) is 1. The first-order chi connectivity index (χ1) is 4.63. The molecule has 1 aliphatic carbocycles. The molecule has 0 aromatic rings. The quantitative estimate of drug-likeness (QED) is 0.473. The minimum atomic E-state index is 0.0492. The molecule has 0 spiro atoms. The van der Waals surface area contributed by atoms with Crippen LogP contribution in [-0.4, -0.2) is 23.2 Å². The summed E-state index contributed by atoms with van der Waals surface area (Å²) < 4.78 is 0. The van der Waals surface area contributed by atoms with Crippen LogP contribution in [0.2, 0.25) is 0 Å². The fourth-order valence-electron chi connectivity index (χ4n) is 0.802. The van der Waals surface area contributed by atoms with Crippen LogP contribution < -0.4 is 0 Å². The first kappa shape index (κ1) is 7.92. The average molecular weight is 159 g/mol. The van der Waals surface area contributed by atoms with E-state index in [1.54, 1.807) is 11.9 Å². The third-order valence-corrected chi connectivity index (χ3v) is 2.18. The third-order valence-electron chi connectivity index (χ3n) is 1.83. The molecule has 0 aromatic carbocycles. The van der Waals surface area contributed by atoms with Crippen molar-refractivity contribution in [2.24, 2.45) is 5.92 Å². The van der Waals surface area contributed by atoms with Gasteiger partial charge in [-0.05, 0) is 19.8 Å². The van der Waals surface area contributed by atoms with Crippen molar-refractivity contribution < 1.29 is 4.79 Å². The molecule has 0 radical (unpaired) electrons. The van der Waals surface area contributed by atoms with Crippen molar-refractivity contribution >= 4 is 18.5 Å². The molecular weight excluding hydrogens is 146 g/mol. The van der Waals surface area contributed by atoms with E-state index in [1.165, 1.54) is 0 Å². The molecule has 1 atom stereocenters. The van der Waals surface area contributed by atoms with E-state index >= 15 is 0 Å². The molecule has 1 amide bonds. The van der Waals surface area contributed by atoms with Gasteiger partial charge in [-0.25, -0.2) is 0 Å². The third kappa shape index (κ3) is 1.66. The Bertz CT molecular complexity index is 143. The minimum Gasteiger partial charge on any atom is -0.334 e. The molecule has 1 rings (SSSR count). The second-order valence-electron chi connectivity index (χ2n) is 2.86. The van der Waals surface area contributed by atoms with Gasteiger partial charge in [0.15, 0.2) is 0 Å². The van der Waals surface area contributed by atoms with Gasteiger partial charge >= 0.3 is 0 Å². The van der Waals surface area contributed by atoms with Crippen LogP contribution in [0.1, 0.15) is 19.8 Å². The predicted octanol–water partition coefficient (Wildman–Crippen LogP) is 1.13. The smallest absolute Gasteiger partial charge is 0.226 e. The van der Waals surface area contributed by atoms with Crippen molar-refractivity contribution in [3.8, 4) is 0 Å². The average Bonchev–Trinajstić information content (AvgIpc) is 2.65. The topological polar surface area (TPSA) is 20.3 Å². The molecule has 0 N–H and O–H groups in total. The maximum absolute atomic E-state index is 11.2. The zero-order valence-electron chi connectivity index (χ0n) is 6.37. The van der Waals surface area contributed by atoms with E-state index in [1.807, 2.05) is 6.92 Å². The Morgan fingerprint density at radius 3 is 2.50 bits per heavy atom. The lowest BCUT2D eigenvalue weighted by Gasteiger charge is -2.20. The van der Waals surface area contributed by atoms with Gasteiger partial charge in [0.1, 0.15) is 0 Å². The number of amides is 1. The SMILES string of the molecule is CC(S)N(C)C(=O)C1CC1. The Hall–Kier alpha value is -0.180. The van der Waals surface area contributed by atoms with Crippen LogP contribution in [0, 0.1) is 5.92 Å². The van der Waals surface area contributed by atoms with Gasteiger partial charge in [-0.3, -0.25) is 4.79 Å². The molecule has 1 fully saturated rings. The maximum Gasteiger partial charge on any atom is 0.226 e. The fourth-order valence-corrected chi connectivity index (χ4v) is 0.916. The van der Waals surface area contributed by atoms with E-state index < -0.39 is 0 Å². The van der Waals surface area contributed by atoms with E-state index in [4.69, 9.17) is 0 Å². The van der Waals surface area contributed by atoms with Gasteiger partial charge in [-0.1, -0.05) is 0 Å². The lowest BCUT2D eigenvalue weighted by molar-refractivity contribution is -0.131. The van der Waals surface area contributed by atoms with Crippen molar-refractivity contribution in [1.82, 2.24) is 4.90 Å². The van der Waals surface area contributed by atoms with Gasteiger partial charge in [0.2, 0.25) is 5.91 Å². The lowest BCUT2D eigenvalue weighted by atomic mass is 10.3. The van der Waals surface area contributed by atoms with Gasteiger partial charge in [-0.15, -0.1) is 0 Å². The summed E-state index contributed by atoms with van der Waals surface area (Å²) in [6.07, 6.45) is 2.15. The van der Waals surface area contributed by atoms with Crippen molar-refractivity contribution in [2.75, 3.05) is 7.05 Å². The first-order valence-electron chi connectivity index (χ1n) is 3.57. The molecule has 2 nitrogen and oxygen atoms in total.